The first-order chi connectivity index (χ1) is 9.63. The van der Waals surface area contributed by atoms with Crippen LogP contribution in [0.2, 0.25) is 0 Å². The van der Waals surface area contributed by atoms with Gasteiger partial charge in [-0.1, -0.05) is 0 Å². The van der Waals surface area contributed by atoms with Crippen molar-refractivity contribution in [3.63, 3.8) is 0 Å². The Balaban J connectivity index is 2.79. The number of alkyl halides is 3. The van der Waals surface area contributed by atoms with Gasteiger partial charge in [-0.2, -0.15) is 17.6 Å². The summed E-state index contributed by atoms with van der Waals surface area (Å²) in [7, 11) is 0. The fourth-order valence-electron chi connectivity index (χ4n) is 1.31. The van der Waals surface area contributed by atoms with Crippen molar-refractivity contribution in [1.29, 1.82) is 0 Å². The number of nitrogens with zero attached hydrogens (tertiary/aromatic N) is 1. The highest BCUT2D eigenvalue weighted by Gasteiger charge is 2.28. The number of amides is 1. The van der Waals surface area contributed by atoms with Gasteiger partial charge >= 0.3 is 11.2 Å². The Morgan fingerprint density at radius 1 is 1.33 bits per heavy atom. The molecule has 0 radical (unpaired) electrons. The van der Waals surface area contributed by atoms with Crippen LogP contribution >= 0.6 is 11.8 Å². The molecule has 0 fully saturated rings. The Labute approximate surface area is 118 Å². The molecule has 0 spiro atoms. The zero-order chi connectivity index (χ0) is 16.2. The summed E-state index contributed by atoms with van der Waals surface area (Å²) in [5.41, 5.74) is -6.81. The summed E-state index contributed by atoms with van der Waals surface area (Å²) in [6.45, 7) is -0.509. The molecule has 0 bridgehead atoms. The molecular weight excluding hydrogens is 323 g/mol. The minimum absolute atomic E-state index is 0.423. The first kappa shape index (κ1) is 17.1. The molecule has 11 heteroatoms. The van der Waals surface area contributed by atoms with Gasteiger partial charge in [0.2, 0.25) is 5.82 Å². The third-order valence-electron chi connectivity index (χ3n) is 2.15. The number of rotatable bonds is 5. The average molecular weight is 330 g/mol. The number of nitro groups is 1. The molecule has 0 aliphatic carbocycles. The number of nitrogens with one attached hydrogen (secondary N) is 1. The molecular formula is C10H7F5N2O3S. The van der Waals surface area contributed by atoms with Gasteiger partial charge in [0.1, 0.15) is 11.4 Å². The standard InChI is InChI=1S/C10H7F5N2O3S/c11-5-1-2-6(17(19)20)8(12)7(5)9(18)16-3-4-21-10(13,14)15/h1-2H,3-4H2,(H,16,18). The minimum Gasteiger partial charge on any atom is -0.351 e. The molecule has 0 saturated heterocycles. The second kappa shape index (κ2) is 6.70. The number of carbonyl (C=O) groups is 1. The van der Waals surface area contributed by atoms with E-state index in [1.807, 2.05) is 5.32 Å². The van der Waals surface area contributed by atoms with Crippen LogP contribution < -0.4 is 5.32 Å². The lowest BCUT2D eigenvalue weighted by Crippen LogP contribution is -2.28. The Hall–Kier alpha value is -1.91. The summed E-state index contributed by atoms with van der Waals surface area (Å²) >= 11 is -0.423. The third kappa shape index (κ3) is 4.85. The quantitative estimate of drug-likeness (QED) is 0.390. The maximum absolute atomic E-state index is 13.6. The third-order valence-corrected chi connectivity index (χ3v) is 2.88. The largest absolute Gasteiger partial charge is 0.441 e. The zero-order valence-electron chi connectivity index (χ0n) is 10.0. The molecule has 0 aliphatic heterocycles. The van der Waals surface area contributed by atoms with E-state index in [4.69, 9.17) is 0 Å². The van der Waals surface area contributed by atoms with Crippen LogP contribution in [0, 0.1) is 21.7 Å². The molecule has 116 valence electrons. The lowest BCUT2D eigenvalue weighted by Gasteiger charge is -2.08. The maximum Gasteiger partial charge on any atom is 0.441 e. The molecule has 0 unspecified atom stereocenters. The number of halogens is 5. The highest BCUT2D eigenvalue weighted by Crippen LogP contribution is 2.29. The highest BCUT2D eigenvalue weighted by atomic mass is 32.2. The number of hydrogen-bond donors (Lipinski definition) is 1. The van der Waals surface area contributed by atoms with Crippen molar-refractivity contribution in [1.82, 2.24) is 5.32 Å². The monoisotopic (exact) mass is 330 g/mol. The molecule has 1 aromatic carbocycles. The van der Waals surface area contributed by atoms with Gasteiger partial charge in [0.15, 0.2) is 0 Å². The number of hydrogen-bond acceptors (Lipinski definition) is 4. The van der Waals surface area contributed by atoms with E-state index in [9.17, 15) is 36.9 Å². The molecule has 1 N–H and O–H groups in total. The van der Waals surface area contributed by atoms with Crippen molar-refractivity contribution in [2.75, 3.05) is 12.3 Å². The van der Waals surface area contributed by atoms with Gasteiger partial charge in [-0.15, -0.1) is 0 Å². The first-order valence-electron chi connectivity index (χ1n) is 5.24. The van der Waals surface area contributed by atoms with E-state index in [2.05, 4.69) is 0 Å². The van der Waals surface area contributed by atoms with Gasteiger partial charge in [0, 0.05) is 18.4 Å². The lowest BCUT2D eigenvalue weighted by molar-refractivity contribution is -0.387. The van der Waals surface area contributed by atoms with E-state index in [1.165, 1.54) is 0 Å². The summed E-state index contributed by atoms with van der Waals surface area (Å²) < 4.78 is 62.4. The van der Waals surface area contributed by atoms with Crippen LogP contribution in [0.25, 0.3) is 0 Å². The average Bonchev–Trinajstić information content (AvgIpc) is 2.33. The summed E-state index contributed by atoms with van der Waals surface area (Å²) in [6.07, 6.45) is 0. The minimum atomic E-state index is -4.49. The first-order valence-corrected chi connectivity index (χ1v) is 6.23. The molecule has 1 rings (SSSR count). The Morgan fingerprint density at radius 2 is 1.95 bits per heavy atom. The molecule has 0 aromatic heterocycles. The maximum atomic E-state index is 13.6. The summed E-state index contributed by atoms with van der Waals surface area (Å²) in [4.78, 5) is 20.8. The van der Waals surface area contributed by atoms with E-state index in [-0.39, 0.29) is 0 Å². The Kier molecular flexibility index (Phi) is 5.47. The number of carbonyl (C=O) groups excluding carboxylic acids is 1. The smallest absolute Gasteiger partial charge is 0.351 e. The van der Waals surface area contributed by atoms with Gasteiger partial charge in [-0.25, -0.2) is 4.39 Å². The van der Waals surface area contributed by atoms with E-state index in [0.717, 1.165) is 0 Å². The summed E-state index contributed by atoms with van der Waals surface area (Å²) in [5, 5.41) is 12.3. The fourth-order valence-corrected chi connectivity index (χ4v) is 1.75. The zero-order valence-corrected chi connectivity index (χ0v) is 10.9. The van der Waals surface area contributed by atoms with Gasteiger partial charge in [0.25, 0.3) is 5.91 Å². The predicted molar refractivity (Wildman–Crippen MR) is 63.9 cm³/mol. The fraction of sp³-hybridized carbons (Fsp3) is 0.300. The summed E-state index contributed by atoms with van der Waals surface area (Å²) in [6, 6.07) is 1.07. The SMILES string of the molecule is O=C(NCCSC(F)(F)F)c1c(F)ccc([N+](=O)[O-])c1F. The summed E-state index contributed by atoms with van der Waals surface area (Å²) in [5.74, 6) is -4.95. The molecule has 0 heterocycles. The Morgan fingerprint density at radius 3 is 2.48 bits per heavy atom. The lowest BCUT2D eigenvalue weighted by atomic mass is 10.1. The molecule has 5 nitrogen and oxygen atoms in total. The van der Waals surface area contributed by atoms with E-state index < -0.39 is 63.3 Å². The van der Waals surface area contributed by atoms with Crippen LogP contribution in [0.3, 0.4) is 0 Å². The van der Waals surface area contributed by atoms with E-state index in [1.54, 1.807) is 0 Å². The van der Waals surface area contributed by atoms with Crippen molar-refractivity contribution < 1.29 is 31.7 Å². The van der Waals surface area contributed by atoms with Crippen molar-refractivity contribution in [3.8, 4) is 0 Å². The molecule has 1 aromatic rings. The van der Waals surface area contributed by atoms with Crippen LogP contribution in [0.5, 0.6) is 0 Å². The van der Waals surface area contributed by atoms with Crippen molar-refractivity contribution in [2.24, 2.45) is 0 Å². The van der Waals surface area contributed by atoms with Crippen LogP contribution in [0.15, 0.2) is 12.1 Å². The van der Waals surface area contributed by atoms with Crippen molar-refractivity contribution in [3.05, 3.63) is 39.4 Å². The van der Waals surface area contributed by atoms with Crippen LogP contribution in [0.1, 0.15) is 10.4 Å². The van der Waals surface area contributed by atoms with E-state index >= 15 is 0 Å². The number of benzene rings is 1. The van der Waals surface area contributed by atoms with Crippen LogP contribution in [-0.2, 0) is 0 Å². The normalized spacial score (nSPS) is 11.3. The van der Waals surface area contributed by atoms with Crippen LogP contribution in [0.4, 0.5) is 27.6 Å². The number of thioether (sulfide) groups is 1. The topological polar surface area (TPSA) is 72.2 Å². The van der Waals surface area contributed by atoms with Gasteiger partial charge in [-0.3, -0.25) is 14.9 Å². The molecule has 1 amide bonds. The molecule has 21 heavy (non-hydrogen) atoms. The second-order valence-corrected chi connectivity index (χ2v) is 4.72. The predicted octanol–water partition coefficient (Wildman–Crippen LogP) is 2.86. The van der Waals surface area contributed by atoms with Gasteiger partial charge in [-0.05, 0) is 17.8 Å². The van der Waals surface area contributed by atoms with E-state index in [0.29, 0.717) is 12.1 Å². The van der Waals surface area contributed by atoms with Gasteiger partial charge in [0.05, 0.1) is 4.92 Å². The van der Waals surface area contributed by atoms with Gasteiger partial charge < -0.3 is 5.32 Å². The molecule has 0 atom stereocenters. The van der Waals surface area contributed by atoms with Crippen molar-refractivity contribution >= 4 is 23.4 Å². The molecule has 0 aliphatic rings. The second-order valence-electron chi connectivity index (χ2n) is 3.56. The van der Waals surface area contributed by atoms with Crippen LogP contribution in [-0.4, -0.2) is 28.6 Å². The highest BCUT2D eigenvalue weighted by molar-refractivity contribution is 8.00. The van der Waals surface area contributed by atoms with Crippen molar-refractivity contribution in [2.45, 2.75) is 5.51 Å². The molecule has 0 saturated carbocycles. The Bertz CT molecular complexity index is 564. The number of nitro benzene ring substituents is 1.